The summed E-state index contributed by atoms with van der Waals surface area (Å²) in [6.45, 7) is 6.85. The van der Waals surface area contributed by atoms with Crippen molar-refractivity contribution in [1.82, 2.24) is 4.57 Å². The molecule has 1 heterocycles. The summed E-state index contributed by atoms with van der Waals surface area (Å²) >= 11 is 1.67. The highest BCUT2D eigenvalue weighted by molar-refractivity contribution is 8.00. The Morgan fingerprint density at radius 3 is 2.11 bits per heavy atom. The second-order valence-electron chi connectivity index (χ2n) is 9.61. The van der Waals surface area contributed by atoms with E-state index in [1.54, 1.807) is 11.8 Å². The summed E-state index contributed by atoms with van der Waals surface area (Å²) in [5, 5.41) is 10.5. The standard InChI is InChI=1S/C33H30N2O2S/c1-4-35-30-16-14-23(32(36)26-13-9-8-10-21(26)2)19-27(30)28-20-24(15-17-31(28)35)33(37)29(34)18-22(3)38-25-11-6-5-7-12-25/h5-17,19-20,22,34H,4,18H2,1-3H3. The van der Waals surface area contributed by atoms with Crippen molar-refractivity contribution < 1.29 is 9.59 Å². The highest BCUT2D eigenvalue weighted by atomic mass is 32.2. The molecule has 0 bridgehead atoms. The van der Waals surface area contributed by atoms with E-state index in [9.17, 15) is 9.59 Å². The lowest BCUT2D eigenvalue weighted by Crippen LogP contribution is -2.17. The summed E-state index contributed by atoms with van der Waals surface area (Å²) in [6.07, 6.45) is 0.391. The van der Waals surface area contributed by atoms with Crippen LogP contribution < -0.4 is 0 Å². The molecule has 0 radical (unpaired) electrons. The van der Waals surface area contributed by atoms with Crippen molar-refractivity contribution in [2.75, 3.05) is 0 Å². The van der Waals surface area contributed by atoms with Crippen LogP contribution in [0.25, 0.3) is 21.8 Å². The normalized spacial score (nSPS) is 12.1. The average molecular weight is 519 g/mol. The van der Waals surface area contributed by atoms with Gasteiger partial charge in [-0.3, -0.25) is 9.59 Å². The van der Waals surface area contributed by atoms with Gasteiger partial charge < -0.3 is 9.98 Å². The lowest BCUT2D eigenvalue weighted by Gasteiger charge is -2.12. The number of hydrogen-bond donors (Lipinski definition) is 1. The minimum absolute atomic E-state index is 0.0127. The van der Waals surface area contributed by atoms with E-state index < -0.39 is 0 Å². The number of aryl methyl sites for hydroxylation is 2. The summed E-state index contributed by atoms with van der Waals surface area (Å²) in [5.74, 6) is -0.265. The zero-order chi connectivity index (χ0) is 26.8. The number of thioether (sulfide) groups is 1. The summed E-state index contributed by atoms with van der Waals surface area (Å²) in [4.78, 5) is 27.8. The Balaban J connectivity index is 1.47. The van der Waals surface area contributed by atoms with E-state index in [1.807, 2.05) is 105 Å². The Morgan fingerprint density at radius 1 is 0.842 bits per heavy atom. The molecule has 5 heteroatoms. The van der Waals surface area contributed by atoms with Crippen LogP contribution in [-0.2, 0) is 6.54 Å². The van der Waals surface area contributed by atoms with Crippen LogP contribution in [0.15, 0.2) is 95.9 Å². The molecule has 0 aliphatic carbocycles. The quantitative estimate of drug-likeness (QED) is 0.122. The highest BCUT2D eigenvalue weighted by Gasteiger charge is 2.20. The lowest BCUT2D eigenvalue weighted by molar-refractivity contribution is 0.103. The van der Waals surface area contributed by atoms with Crippen LogP contribution in [0.3, 0.4) is 0 Å². The number of benzene rings is 4. The van der Waals surface area contributed by atoms with Gasteiger partial charge in [-0.2, -0.15) is 0 Å². The Hall–Kier alpha value is -3.96. The van der Waals surface area contributed by atoms with E-state index >= 15 is 0 Å². The molecule has 4 nitrogen and oxygen atoms in total. The number of nitrogens with one attached hydrogen (secondary N) is 1. The maximum absolute atomic E-state index is 13.3. The molecule has 1 atom stereocenters. The number of rotatable bonds is 9. The number of aromatic nitrogens is 1. The van der Waals surface area contributed by atoms with Gasteiger partial charge in [0.2, 0.25) is 5.78 Å². The summed E-state index contributed by atoms with van der Waals surface area (Å²) in [5.41, 5.74) is 4.91. The van der Waals surface area contributed by atoms with E-state index in [-0.39, 0.29) is 22.5 Å². The van der Waals surface area contributed by atoms with E-state index in [2.05, 4.69) is 11.5 Å². The van der Waals surface area contributed by atoms with Crippen molar-refractivity contribution in [3.8, 4) is 0 Å². The second-order valence-corrected chi connectivity index (χ2v) is 11.1. The first-order chi connectivity index (χ1) is 18.4. The molecule has 4 aromatic carbocycles. The number of ketones is 2. The number of Topliss-reactive ketones (excluding diaryl/α,β-unsaturated/α-hetero) is 1. The van der Waals surface area contributed by atoms with Gasteiger partial charge in [-0.15, -0.1) is 11.8 Å². The predicted molar refractivity (Wildman–Crippen MR) is 158 cm³/mol. The number of hydrogen-bond acceptors (Lipinski definition) is 4. The molecule has 0 fully saturated rings. The van der Waals surface area contributed by atoms with Crippen LogP contribution in [0.1, 0.15) is 52.1 Å². The number of carbonyl (C=O) groups excluding carboxylic acids is 2. The zero-order valence-corrected chi connectivity index (χ0v) is 22.6. The van der Waals surface area contributed by atoms with Gasteiger partial charge in [-0.1, -0.05) is 49.4 Å². The Kier molecular flexibility index (Phi) is 7.30. The van der Waals surface area contributed by atoms with Crippen LogP contribution in [0.2, 0.25) is 0 Å². The van der Waals surface area contributed by atoms with Crippen LogP contribution in [0.5, 0.6) is 0 Å². The number of nitrogens with zero attached hydrogens (tertiary/aromatic N) is 1. The Labute approximate surface area is 227 Å². The van der Waals surface area contributed by atoms with E-state index in [0.29, 0.717) is 23.1 Å². The number of carbonyl (C=O) groups is 2. The van der Waals surface area contributed by atoms with Crippen molar-refractivity contribution in [2.45, 2.75) is 43.9 Å². The maximum atomic E-state index is 13.3. The van der Waals surface area contributed by atoms with Crippen LogP contribution in [0.4, 0.5) is 0 Å². The first-order valence-electron chi connectivity index (χ1n) is 12.9. The topological polar surface area (TPSA) is 62.9 Å². The first kappa shape index (κ1) is 25.7. The molecule has 0 aliphatic heterocycles. The minimum atomic E-state index is -0.253. The van der Waals surface area contributed by atoms with E-state index in [4.69, 9.17) is 5.41 Å². The van der Waals surface area contributed by atoms with Crippen molar-refractivity contribution in [2.24, 2.45) is 0 Å². The fraction of sp³-hybridized carbons (Fsp3) is 0.182. The maximum Gasteiger partial charge on any atom is 0.206 e. The van der Waals surface area contributed by atoms with Crippen molar-refractivity contribution in [3.05, 3.63) is 113 Å². The fourth-order valence-corrected chi connectivity index (χ4v) is 6.07. The van der Waals surface area contributed by atoms with Gasteiger partial charge in [-0.05, 0) is 67.9 Å². The third kappa shape index (κ3) is 4.94. The molecule has 5 aromatic rings. The molecule has 0 amide bonds. The largest absolute Gasteiger partial charge is 0.341 e. The fourth-order valence-electron chi connectivity index (χ4n) is 5.04. The van der Waals surface area contributed by atoms with Gasteiger partial charge in [-0.25, -0.2) is 0 Å². The smallest absolute Gasteiger partial charge is 0.206 e. The molecule has 0 aliphatic rings. The van der Waals surface area contributed by atoms with Crippen molar-refractivity contribution in [3.63, 3.8) is 0 Å². The van der Waals surface area contributed by atoms with Crippen LogP contribution in [0, 0.1) is 12.3 Å². The molecule has 38 heavy (non-hydrogen) atoms. The lowest BCUT2D eigenvalue weighted by atomic mass is 9.97. The molecule has 5 rings (SSSR count). The molecule has 1 unspecified atom stereocenters. The summed E-state index contributed by atoms with van der Waals surface area (Å²) in [6, 6.07) is 29.2. The molecule has 1 aromatic heterocycles. The monoisotopic (exact) mass is 518 g/mol. The molecular weight excluding hydrogens is 488 g/mol. The van der Waals surface area contributed by atoms with E-state index in [1.165, 1.54) is 0 Å². The summed E-state index contributed by atoms with van der Waals surface area (Å²) < 4.78 is 2.20. The highest BCUT2D eigenvalue weighted by Crippen LogP contribution is 2.32. The predicted octanol–water partition coefficient (Wildman–Crippen LogP) is 8.13. The van der Waals surface area contributed by atoms with E-state index in [0.717, 1.165) is 38.8 Å². The van der Waals surface area contributed by atoms with Gasteiger partial charge in [0, 0.05) is 61.6 Å². The third-order valence-electron chi connectivity index (χ3n) is 6.94. The zero-order valence-electron chi connectivity index (χ0n) is 21.8. The molecular formula is C33H30N2O2S. The van der Waals surface area contributed by atoms with Crippen LogP contribution >= 0.6 is 11.8 Å². The first-order valence-corrected chi connectivity index (χ1v) is 13.8. The Morgan fingerprint density at radius 2 is 1.45 bits per heavy atom. The SMILES string of the molecule is CCn1c2ccc(C(=O)C(=N)CC(C)Sc3ccccc3)cc2c2cc(C(=O)c3ccccc3C)ccc21. The molecule has 190 valence electrons. The van der Waals surface area contributed by atoms with Gasteiger partial charge in [0.05, 0.1) is 5.71 Å². The van der Waals surface area contributed by atoms with Crippen molar-refractivity contribution in [1.29, 1.82) is 5.41 Å². The van der Waals surface area contributed by atoms with Crippen molar-refractivity contribution >= 4 is 50.8 Å². The average Bonchev–Trinajstić information content (AvgIpc) is 3.25. The molecule has 1 N–H and O–H groups in total. The third-order valence-corrected chi connectivity index (χ3v) is 8.05. The summed E-state index contributed by atoms with van der Waals surface area (Å²) in [7, 11) is 0. The van der Waals surface area contributed by atoms with Gasteiger partial charge in [0.15, 0.2) is 5.78 Å². The minimum Gasteiger partial charge on any atom is -0.341 e. The molecule has 0 spiro atoms. The van der Waals surface area contributed by atoms with Gasteiger partial charge in [0.1, 0.15) is 0 Å². The van der Waals surface area contributed by atoms with Gasteiger partial charge >= 0.3 is 0 Å². The molecule has 0 saturated heterocycles. The van der Waals surface area contributed by atoms with Crippen LogP contribution in [-0.4, -0.2) is 27.1 Å². The number of fused-ring (bicyclic) bond motifs is 3. The second kappa shape index (κ2) is 10.8. The molecule has 0 saturated carbocycles. The Bertz CT molecular complexity index is 1680. The van der Waals surface area contributed by atoms with Gasteiger partial charge in [0.25, 0.3) is 0 Å².